The summed E-state index contributed by atoms with van der Waals surface area (Å²) in [6.45, 7) is 24.5. The number of hydrogen-bond acceptors (Lipinski definition) is 20. The molecule has 16 atom stereocenters. The topological polar surface area (TPSA) is 305 Å². The highest BCUT2D eigenvalue weighted by molar-refractivity contribution is 6.28. The summed E-state index contributed by atoms with van der Waals surface area (Å²) in [6, 6.07) is 43.9. The number of amides is 12. The molecule has 0 aliphatic carbocycles. The van der Waals surface area contributed by atoms with E-state index in [1.165, 1.54) is 50.8 Å². The lowest BCUT2D eigenvalue weighted by Gasteiger charge is -2.34. The number of alkyl halides is 3. The quantitative estimate of drug-likeness (QED) is 0.0448. The third-order valence-corrected chi connectivity index (χ3v) is 28.0. The Morgan fingerprint density at radius 3 is 0.954 bits per heavy atom. The van der Waals surface area contributed by atoms with Gasteiger partial charge in [-0.25, -0.2) is 43.2 Å². The molecule has 12 aliphatic heterocycles. The number of fused-ring (bicyclic) bond motifs is 20. The van der Waals surface area contributed by atoms with Crippen LogP contribution in [0.5, 0.6) is 23.0 Å². The summed E-state index contributed by atoms with van der Waals surface area (Å²) < 4.78 is 98.0. The van der Waals surface area contributed by atoms with Gasteiger partial charge in [-0.1, -0.05) is 108 Å². The van der Waals surface area contributed by atoms with Crippen molar-refractivity contribution in [3.63, 3.8) is 0 Å². The second-order valence-corrected chi connectivity index (χ2v) is 35.4. The van der Waals surface area contributed by atoms with E-state index in [0.717, 1.165) is 85.0 Å². The molecule has 0 aromatic heterocycles. The molecule has 0 N–H and O–H groups in total. The van der Waals surface area contributed by atoms with E-state index in [1.807, 2.05) is 132 Å². The molecule has 12 heterocycles. The molecule has 20 rings (SSSR count). The summed E-state index contributed by atoms with van der Waals surface area (Å²) in [5.74, 6) is -7.33. The number of imide groups is 4. The molecule has 12 amide bonds. The van der Waals surface area contributed by atoms with Crippen molar-refractivity contribution in [2.24, 2.45) is 47.3 Å². The molecule has 32 heteroatoms. The van der Waals surface area contributed by atoms with E-state index in [9.17, 15) is 75.1 Å². The van der Waals surface area contributed by atoms with Gasteiger partial charge in [0.15, 0.2) is 0 Å². The van der Waals surface area contributed by atoms with E-state index in [-0.39, 0.29) is 76.1 Å². The zero-order valence-corrected chi connectivity index (χ0v) is 74.3. The monoisotopic (exact) mass is 1790 g/mol. The molecule has 12 aliphatic rings. The number of hydrogen-bond donors (Lipinski definition) is 0. The van der Waals surface area contributed by atoms with Crippen molar-refractivity contribution in [2.45, 2.75) is 149 Å². The molecule has 28 nitrogen and oxygen atoms in total. The first-order valence-corrected chi connectivity index (χ1v) is 43.9. The number of esters is 4. The Balaban J connectivity index is 0.000000122. The van der Waals surface area contributed by atoms with Crippen molar-refractivity contribution in [2.75, 3.05) is 72.5 Å². The number of anilines is 4. The van der Waals surface area contributed by atoms with Crippen molar-refractivity contribution in [1.82, 2.24) is 19.6 Å². The number of nitrogens with zero attached hydrogens (tertiary/aromatic N) is 8. The van der Waals surface area contributed by atoms with Crippen molar-refractivity contribution < 1.29 is 113 Å². The van der Waals surface area contributed by atoms with Gasteiger partial charge in [-0.05, 0) is 192 Å². The first kappa shape index (κ1) is 89.3. The van der Waals surface area contributed by atoms with E-state index in [2.05, 4.69) is 0 Å². The Hall–Kier alpha value is -13.7. The molecule has 8 saturated heterocycles. The van der Waals surface area contributed by atoms with Gasteiger partial charge in [-0.15, -0.1) is 0 Å². The molecule has 0 radical (unpaired) electrons. The fourth-order valence-corrected chi connectivity index (χ4v) is 22.1. The van der Waals surface area contributed by atoms with Gasteiger partial charge in [0.05, 0.1) is 129 Å². The van der Waals surface area contributed by atoms with Crippen molar-refractivity contribution in [3.8, 4) is 23.0 Å². The largest absolute Gasteiger partial charge is 0.493 e. The number of carbonyl (C=O) groups is 12. The number of benzene rings is 8. The Bertz CT molecular complexity index is 6040. The first-order chi connectivity index (χ1) is 62.5. The highest BCUT2D eigenvalue weighted by atomic mass is 19.4. The Morgan fingerprint density at radius 1 is 0.351 bits per heavy atom. The third kappa shape index (κ3) is 13.8. The van der Waals surface area contributed by atoms with Crippen LogP contribution in [0, 0.1) is 80.9 Å². The van der Waals surface area contributed by atoms with E-state index in [4.69, 9.17) is 37.9 Å². The standard InChI is InChI=1S/C25H23F3N2O5.C25H25FN2O5.C25H26N2O5.C24H24N2O5/c1-4-34-21(31)19-17-12-35-18-10-5-13(2)11-16(18)20(17)30-23(33)29(22(32)24(19,30)3)15-8-6-14(7-9-15)25(26,27)28;1-4-14-6-11-17-19(12-14)33-13-18-20(22(29)32-5-2)25(3)23(30)27(24(31)28(25)21(17)18)16-9-7-15(26)8-10-16;1-5-31-22(28)20-18-13-32-19-11-8-15(3)12-17(19)21(18)27-24(30)26(23(29)25(20,27)4)16-9-6-14(2)7-10-16;1-4-30-21(27)19-17-13-31-18-8-6-5-7-16(18)20(17)26-23(29)25(22(28)24(19,26)3)15-11-9-14(2)10-12-15/h5-11,17,19-20H,4,12H2,1-3H3;6-12,18,20-21H,4-5,13H2,1-3H3;6-12,18,20-21H,5,13H2,1-4H3;5-12,17,19-20H,4,13H2,1-3H3/t17-,19+,20+,24-;2*18-,20+,21-,25+;17-,19+,20+,24+/m1111/s1. The van der Waals surface area contributed by atoms with Gasteiger partial charge >= 0.3 is 54.2 Å². The van der Waals surface area contributed by atoms with Crippen molar-refractivity contribution in [1.29, 1.82) is 0 Å². The lowest BCUT2D eigenvalue weighted by atomic mass is 9.77. The van der Waals surface area contributed by atoms with Crippen molar-refractivity contribution >= 4 is 94.4 Å². The van der Waals surface area contributed by atoms with Crippen LogP contribution in [0.15, 0.2) is 176 Å². The molecule has 0 spiro atoms. The minimum atomic E-state index is -4.56. The zero-order chi connectivity index (χ0) is 93.5. The van der Waals surface area contributed by atoms with Crippen LogP contribution in [0.2, 0.25) is 0 Å². The smallest absolute Gasteiger partial charge is 0.416 e. The van der Waals surface area contributed by atoms with Crippen LogP contribution in [-0.4, -0.2) is 166 Å². The van der Waals surface area contributed by atoms with E-state index in [1.54, 1.807) is 88.6 Å². The van der Waals surface area contributed by atoms with Gasteiger partial charge in [0.1, 0.15) is 51.0 Å². The SMILES string of the molecule is CCOC(=O)[C@@H]1[C@H]2COc3cc(CC)ccc3[C@H]2N2C(=O)N(c3ccc(F)cc3)C(=O)[C@]12C.CCOC(=O)[C@@H]1[C@H]2COc3ccc(C)cc3[C@@H]2N2C(=O)N(c3ccc(C(F)(F)F)cc3)C(=O)[C@@]12C.CCOC(=O)[C@@H]1[C@H]2COc3ccc(C)cc3[C@H]2N2C(=O)N(c3ccc(C)cc3)C(=O)[C@]12C.CCOC(=O)[C@@H]1[C@H]2COc3ccccc3[C@@H]2N2C(=O)N(c3ccc(C)cc3)C(=O)[C@]12C. The molecule has 8 fully saturated rings. The van der Waals surface area contributed by atoms with Gasteiger partial charge in [0, 0.05) is 45.9 Å². The maximum absolute atomic E-state index is 13.9. The minimum absolute atomic E-state index is 0.000640. The summed E-state index contributed by atoms with van der Waals surface area (Å²) in [6.07, 6.45) is -3.73. The number of carbonyl (C=O) groups excluding carboxylic acids is 12. The van der Waals surface area contributed by atoms with E-state index >= 15 is 0 Å². The van der Waals surface area contributed by atoms with Crippen LogP contribution in [0.25, 0.3) is 0 Å². The zero-order valence-electron chi connectivity index (χ0n) is 74.3. The summed E-state index contributed by atoms with van der Waals surface area (Å²) in [4.78, 5) is 173. The lowest BCUT2D eigenvalue weighted by Crippen LogP contribution is -2.51. The number of rotatable bonds is 13. The molecule has 0 bridgehead atoms. The summed E-state index contributed by atoms with van der Waals surface area (Å²) >= 11 is 0. The Morgan fingerprint density at radius 2 is 0.634 bits per heavy atom. The maximum atomic E-state index is 13.9. The predicted molar refractivity (Wildman–Crippen MR) is 465 cm³/mol. The third-order valence-electron chi connectivity index (χ3n) is 28.0. The molecular formula is C99H98F4N8O20. The fraction of sp³-hybridized carbons (Fsp3) is 0.394. The number of urea groups is 4. The number of halogens is 4. The van der Waals surface area contributed by atoms with E-state index in [0.29, 0.717) is 39.9 Å². The lowest BCUT2D eigenvalue weighted by molar-refractivity contribution is -0.155. The average Bonchev–Trinajstić information content (AvgIpc) is 1.53. The Kier molecular flexibility index (Phi) is 22.7. The van der Waals surface area contributed by atoms with Crippen LogP contribution in [0.4, 0.5) is 59.5 Å². The van der Waals surface area contributed by atoms with Crippen LogP contribution in [0.1, 0.15) is 142 Å². The summed E-state index contributed by atoms with van der Waals surface area (Å²) in [5.41, 5.74) is 2.72. The summed E-state index contributed by atoms with van der Waals surface area (Å²) in [7, 11) is 0. The van der Waals surface area contributed by atoms with Crippen LogP contribution < -0.4 is 38.5 Å². The molecule has 131 heavy (non-hydrogen) atoms. The number of para-hydroxylation sites is 1. The predicted octanol–water partition coefficient (Wildman–Crippen LogP) is 15.6. The minimum Gasteiger partial charge on any atom is -0.493 e. The van der Waals surface area contributed by atoms with Gasteiger partial charge in [0.25, 0.3) is 23.6 Å². The Labute approximate surface area is 752 Å². The second-order valence-electron chi connectivity index (χ2n) is 35.4. The molecular weight excluding hydrogens is 1700 g/mol. The molecule has 682 valence electrons. The van der Waals surface area contributed by atoms with Crippen LogP contribution >= 0.6 is 0 Å². The number of ether oxygens (including phenoxy) is 8. The van der Waals surface area contributed by atoms with E-state index < -0.39 is 171 Å². The number of aryl methyl sites for hydroxylation is 5. The normalized spacial score (nSPS) is 27.9. The molecule has 0 saturated carbocycles. The average molecular weight is 1800 g/mol. The highest BCUT2D eigenvalue weighted by Crippen LogP contribution is 2.64. The molecule has 8 aromatic rings. The fourth-order valence-electron chi connectivity index (χ4n) is 22.1. The van der Waals surface area contributed by atoms with Crippen LogP contribution in [0.3, 0.4) is 0 Å². The molecule has 0 unspecified atom stereocenters. The molecule has 8 aromatic carbocycles. The van der Waals surface area contributed by atoms with Crippen LogP contribution in [-0.2, 0) is 69.9 Å². The van der Waals surface area contributed by atoms with Crippen molar-refractivity contribution in [3.05, 3.63) is 237 Å². The van der Waals surface area contributed by atoms with Gasteiger partial charge < -0.3 is 57.5 Å². The van der Waals surface area contributed by atoms with Gasteiger partial charge in [0.2, 0.25) is 0 Å². The van der Waals surface area contributed by atoms with Gasteiger partial charge in [-0.3, -0.25) is 38.4 Å². The van der Waals surface area contributed by atoms with Gasteiger partial charge in [-0.2, -0.15) is 13.2 Å². The maximum Gasteiger partial charge on any atom is 0.416 e. The first-order valence-electron chi connectivity index (χ1n) is 43.9. The second kappa shape index (κ2) is 33.4. The summed E-state index contributed by atoms with van der Waals surface area (Å²) in [5, 5.41) is 0. The highest BCUT2D eigenvalue weighted by Gasteiger charge is 2.77.